The fourth-order valence-electron chi connectivity index (χ4n) is 4.11. The first-order valence-corrected chi connectivity index (χ1v) is 6.71. The van der Waals surface area contributed by atoms with Crippen LogP contribution in [0.1, 0.15) is 33.1 Å². The molecule has 0 spiro atoms. The average molecular weight is 222 g/mol. The van der Waals surface area contributed by atoms with Crippen LogP contribution in [-0.2, 0) is 0 Å². The zero-order valence-corrected chi connectivity index (χ0v) is 11.7. The highest BCUT2D eigenvalue weighted by Crippen LogP contribution is 2.58. The Labute approximate surface area is 101 Å². The molecule has 0 unspecified atom stereocenters. The molecule has 0 amide bonds. The first-order valence-electron chi connectivity index (χ1n) is 6.71. The van der Waals surface area contributed by atoms with Crippen LogP contribution in [0, 0.1) is 23.2 Å². The summed E-state index contributed by atoms with van der Waals surface area (Å²) < 4.78 is 1.07. The van der Waals surface area contributed by atoms with E-state index in [0.717, 1.165) is 22.2 Å². The summed E-state index contributed by atoms with van der Waals surface area (Å²) in [4.78, 5) is 0. The molecule has 92 valence electrons. The standard InChI is InChI=1S/C15H28N/c1-11-12(10-16(4,5)6)9-13-7-8-14(11)15(13,2)3/h12-14H,1,7-10H2,2-6H3/q+1/t12-,13+,14+/m0/s1. The fraction of sp³-hybridized carbons (Fsp3) is 0.867. The average Bonchev–Trinajstić information content (AvgIpc) is 2.27. The van der Waals surface area contributed by atoms with E-state index in [1.165, 1.54) is 25.8 Å². The number of hydrogen-bond acceptors (Lipinski definition) is 0. The van der Waals surface area contributed by atoms with E-state index >= 15 is 0 Å². The maximum atomic E-state index is 4.44. The molecule has 0 radical (unpaired) electrons. The van der Waals surface area contributed by atoms with E-state index in [0.29, 0.717) is 5.41 Å². The summed E-state index contributed by atoms with van der Waals surface area (Å²) in [5, 5.41) is 0. The molecule has 2 rings (SSSR count). The van der Waals surface area contributed by atoms with Crippen molar-refractivity contribution in [3.8, 4) is 0 Å². The van der Waals surface area contributed by atoms with Crippen LogP contribution in [0.4, 0.5) is 0 Å². The predicted octanol–water partition coefficient (Wildman–Crippen LogP) is 3.32. The largest absolute Gasteiger partial charge is 0.330 e. The Morgan fingerprint density at radius 1 is 1.25 bits per heavy atom. The van der Waals surface area contributed by atoms with Gasteiger partial charge < -0.3 is 4.48 Å². The SMILES string of the molecule is C=C1[C@H](C[N+](C)(C)C)C[C@H]2CC[C@H]1C2(C)C. The minimum atomic E-state index is 0.526. The summed E-state index contributed by atoms with van der Waals surface area (Å²) in [7, 11) is 6.90. The summed E-state index contributed by atoms with van der Waals surface area (Å²) in [5.74, 6) is 2.51. The Kier molecular flexibility index (Phi) is 2.73. The molecule has 0 aliphatic heterocycles. The Morgan fingerprint density at radius 3 is 2.44 bits per heavy atom. The van der Waals surface area contributed by atoms with E-state index < -0.39 is 0 Å². The van der Waals surface area contributed by atoms with Crippen LogP contribution in [0.15, 0.2) is 12.2 Å². The quantitative estimate of drug-likeness (QED) is 0.497. The van der Waals surface area contributed by atoms with Crippen molar-refractivity contribution < 1.29 is 4.48 Å². The molecule has 0 N–H and O–H groups in total. The van der Waals surface area contributed by atoms with Gasteiger partial charge >= 0.3 is 0 Å². The topological polar surface area (TPSA) is 0 Å². The maximum Gasteiger partial charge on any atom is 0.0846 e. The van der Waals surface area contributed by atoms with Crippen molar-refractivity contribution in [1.82, 2.24) is 0 Å². The normalized spacial score (nSPS) is 37.8. The van der Waals surface area contributed by atoms with Gasteiger partial charge in [0.1, 0.15) is 0 Å². The molecule has 1 heteroatoms. The number of hydrogen-bond donors (Lipinski definition) is 0. The Hall–Kier alpha value is -0.300. The molecule has 2 saturated carbocycles. The second-order valence-electron chi connectivity index (χ2n) is 7.63. The summed E-state index contributed by atoms with van der Waals surface area (Å²) in [6.45, 7) is 10.6. The van der Waals surface area contributed by atoms with Crippen molar-refractivity contribution >= 4 is 0 Å². The van der Waals surface area contributed by atoms with Crippen LogP contribution in [0.3, 0.4) is 0 Å². The molecular weight excluding hydrogens is 194 g/mol. The van der Waals surface area contributed by atoms with Crippen molar-refractivity contribution in [3.05, 3.63) is 12.2 Å². The van der Waals surface area contributed by atoms with E-state index in [1.807, 2.05) is 0 Å². The molecule has 0 heterocycles. The number of rotatable bonds is 2. The van der Waals surface area contributed by atoms with Crippen LogP contribution in [0.25, 0.3) is 0 Å². The second-order valence-corrected chi connectivity index (χ2v) is 7.63. The van der Waals surface area contributed by atoms with Crippen molar-refractivity contribution in [1.29, 1.82) is 0 Å². The molecule has 0 aromatic carbocycles. The summed E-state index contributed by atoms with van der Waals surface area (Å²) >= 11 is 0. The predicted molar refractivity (Wildman–Crippen MR) is 70.1 cm³/mol. The van der Waals surface area contributed by atoms with E-state index in [-0.39, 0.29) is 0 Å². The molecule has 2 bridgehead atoms. The van der Waals surface area contributed by atoms with Crippen LogP contribution in [0.5, 0.6) is 0 Å². The van der Waals surface area contributed by atoms with Crippen molar-refractivity contribution in [2.45, 2.75) is 33.1 Å². The van der Waals surface area contributed by atoms with E-state index in [9.17, 15) is 0 Å². The molecule has 1 nitrogen and oxygen atoms in total. The molecule has 0 saturated heterocycles. The van der Waals surface area contributed by atoms with Crippen LogP contribution < -0.4 is 0 Å². The smallest absolute Gasteiger partial charge is 0.0846 e. The molecule has 0 aromatic rings. The zero-order chi connectivity index (χ0) is 12.1. The lowest BCUT2D eigenvalue weighted by Gasteiger charge is -2.44. The van der Waals surface area contributed by atoms with Crippen LogP contribution in [-0.4, -0.2) is 32.2 Å². The van der Waals surface area contributed by atoms with E-state index in [1.54, 1.807) is 5.57 Å². The third kappa shape index (κ3) is 1.95. The lowest BCUT2D eigenvalue weighted by Crippen LogP contribution is -2.44. The second kappa shape index (κ2) is 3.60. The first-order chi connectivity index (χ1) is 7.22. The minimum absolute atomic E-state index is 0.526. The fourth-order valence-corrected chi connectivity index (χ4v) is 4.11. The van der Waals surface area contributed by atoms with Crippen molar-refractivity contribution in [2.75, 3.05) is 27.7 Å². The Morgan fingerprint density at radius 2 is 1.88 bits per heavy atom. The first kappa shape index (κ1) is 12.2. The highest BCUT2D eigenvalue weighted by molar-refractivity contribution is 5.18. The summed E-state index contributed by atoms with van der Waals surface area (Å²) in [5.41, 5.74) is 2.09. The number of quaternary nitrogens is 1. The van der Waals surface area contributed by atoms with Crippen molar-refractivity contribution in [2.24, 2.45) is 23.2 Å². The van der Waals surface area contributed by atoms with Gasteiger partial charge in [0.25, 0.3) is 0 Å². The van der Waals surface area contributed by atoms with Crippen molar-refractivity contribution in [3.63, 3.8) is 0 Å². The van der Waals surface area contributed by atoms with Gasteiger partial charge in [-0.3, -0.25) is 0 Å². The molecule has 2 fully saturated rings. The highest BCUT2D eigenvalue weighted by atomic mass is 15.3. The molecular formula is C15H28N+. The van der Waals surface area contributed by atoms with Gasteiger partial charge in [0.15, 0.2) is 0 Å². The van der Waals surface area contributed by atoms with Gasteiger partial charge in [0.2, 0.25) is 0 Å². The Bertz CT molecular complexity index is 295. The third-order valence-corrected chi connectivity index (χ3v) is 5.06. The van der Waals surface area contributed by atoms with Gasteiger partial charge in [0.05, 0.1) is 27.7 Å². The lowest BCUT2D eigenvalue weighted by atomic mass is 9.62. The van der Waals surface area contributed by atoms with Crippen LogP contribution in [0.2, 0.25) is 0 Å². The molecule has 2 aliphatic rings. The van der Waals surface area contributed by atoms with Gasteiger partial charge in [-0.25, -0.2) is 0 Å². The van der Waals surface area contributed by atoms with E-state index in [2.05, 4.69) is 41.6 Å². The summed E-state index contributed by atoms with van der Waals surface area (Å²) in [6, 6.07) is 0. The monoisotopic (exact) mass is 222 g/mol. The summed E-state index contributed by atoms with van der Waals surface area (Å²) in [6.07, 6.45) is 4.21. The van der Waals surface area contributed by atoms with Gasteiger partial charge in [-0.2, -0.15) is 0 Å². The Balaban J connectivity index is 2.15. The van der Waals surface area contributed by atoms with Gasteiger partial charge in [-0.15, -0.1) is 0 Å². The molecule has 3 atom stereocenters. The third-order valence-electron chi connectivity index (χ3n) is 5.06. The van der Waals surface area contributed by atoms with Gasteiger partial charge in [-0.05, 0) is 36.5 Å². The molecule has 0 aromatic heterocycles. The highest BCUT2D eigenvalue weighted by Gasteiger charge is 2.50. The maximum absolute atomic E-state index is 4.44. The molecule has 16 heavy (non-hydrogen) atoms. The lowest BCUT2D eigenvalue weighted by molar-refractivity contribution is -0.873. The zero-order valence-electron chi connectivity index (χ0n) is 11.7. The minimum Gasteiger partial charge on any atom is -0.330 e. The molecule has 2 aliphatic carbocycles. The van der Waals surface area contributed by atoms with E-state index in [4.69, 9.17) is 0 Å². The number of fused-ring (bicyclic) bond motifs is 2. The number of nitrogens with zero attached hydrogens (tertiary/aromatic N) is 1. The van der Waals surface area contributed by atoms with Gasteiger partial charge in [0, 0.05) is 5.92 Å². The van der Waals surface area contributed by atoms with Gasteiger partial charge in [-0.1, -0.05) is 26.0 Å². The van der Waals surface area contributed by atoms with Crippen LogP contribution >= 0.6 is 0 Å².